The number of unbranched alkanes of at least 4 members (excludes halogenated alkanes) is 13. The quantitative estimate of drug-likeness (QED) is 0.0285. The second-order valence-electron chi connectivity index (χ2n) is 29.3. The van der Waals surface area contributed by atoms with Crippen LogP contribution < -0.4 is 0 Å². The topological polar surface area (TPSA) is 556 Å². The Labute approximate surface area is 688 Å². The largest absolute Gasteiger partial charge is 0.478 e. The van der Waals surface area contributed by atoms with E-state index in [0.717, 1.165) is 167 Å². The van der Waals surface area contributed by atoms with Crippen molar-refractivity contribution >= 4 is 77.6 Å². The minimum Gasteiger partial charge on any atom is -0.478 e. The number of carboxylic acid groups (broad SMARTS) is 1. The fourth-order valence-electron chi connectivity index (χ4n) is 14.0. The minimum atomic E-state index is -2.27. The van der Waals surface area contributed by atoms with Gasteiger partial charge in [0.2, 0.25) is 6.10 Å². The highest BCUT2D eigenvalue weighted by Crippen LogP contribution is 2.41. The van der Waals surface area contributed by atoms with E-state index in [4.69, 9.17) is 109 Å². The molecule has 0 unspecified atom stereocenters. The molecule has 42 nitrogen and oxygen atoms in total. The van der Waals surface area contributed by atoms with Gasteiger partial charge in [-0.3, -0.25) is 57.5 Å². The molecule has 0 amide bonds. The standard InChI is InChI=1S/C77H120O42/c1-14-29-50(30-27-25-23-21-19-17-15-16-18-20-22-24-26-28-31-97-33-56(72(95)96)102-42(6)83)110-74-65(118-76-69(108-48(12)89)66(105-45(9)86)62(103-43(7)84)53(113-76)35-99-39(3)80)60(94)61(51(32-78)111-74)116-75-70(109-49(13)90)68(107-47(11)88)64(55(115-75)37-101-41(5)82)117-77-71(119-73-59(93)58(92)57(91)52(112-73)34-98-38(2)79)67(106-46(10)87)63(104-44(8)85)54(114-77)36-100-40(4)81/h50-71,73-78,91-94H,14-37H2,1-13H3,(H,95,96)/t50-,51-,52-,53-,54-,55-,56-,57-,58+,59-,60+,61-,62-,63-,64-,65-,66+,67+,68+,69-,70-,71-,73+,74-,75+,76+,77+/m1/s1. The zero-order chi connectivity index (χ0) is 88.3. The van der Waals surface area contributed by atoms with Crippen LogP contribution in [0.3, 0.4) is 0 Å². The monoisotopic (exact) mass is 1720 g/mol. The normalized spacial score (nSPS) is 31.1. The van der Waals surface area contributed by atoms with Crippen molar-refractivity contribution in [1.82, 2.24) is 0 Å². The van der Waals surface area contributed by atoms with Crippen LogP contribution in [0.15, 0.2) is 0 Å². The number of ether oxygens (including phenoxy) is 23. The van der Waals surface area contributed by atoms with Crippen molar-refractivity contribution in [2.45, 2.75) is 365 Å². The number of carbonyl (C=O) groups excluding carboxylic acids is 12. The van der Waals surface area contributed by atoms with Crippen LogP contribution in [0, 0.1) is 0 Å². The molecule has 680 valence electrons. The highest BCUT2D eigenvalue weighted by molar-refractivity contribution is 5.77. The summed E-state index contributed by atoms with van der Waals surface area (Å²) in [7, 11) is 0. The Balaban J connectivity index is 1.53. The summed E-state index contributed by atoms with van der Waals surface area (Å²) in [6, 6.07) is 0. The van der Waals surface area contributed by atoms with E-state index in [1.807, 2.05) is 6.92 Å². The number of aliphatic carboxylic acids is 1. The third-order valence-electron chi connectivity index (χ3n) is 19.2. The van der Waals surface area contributed by atoms with Gasteiger partial charge in [0, 0.05) is 89.7 Å². The summed E-state index contributed by atoms with van der Waals surface area (Å²) in [5, 5.41) is 67.5. The highest BCUT2D eigenvalue weighted by Gasteiger charge is 2.62. The van der Waals surface area contributed by atoms with E-state index in [-0.39, 0.29) is 6.61 Å². The van der Waals surface area contributed by atoms with Gasteiger partial charge in [-0.25, -0.2) is 4.79 Å². The lowest BCUT2D eigenvalue weighted by Gasteiger charge is -2.51. The van der Waals surface area contributed by atoms with Gasteiger partial charge in [-0.15, -0.1) is 0 Å². The fourth-order valence-corrected chi connectivity index (χ4v) is 14.0. The summed E-state index contributed by atoms with van der Waals surface area (Å²) in [4.78, 5) is 165. The third-order valence-corrected chi connectivity index (χ3v) is 19.2. The van der Waals surface area contributed by atoms with Gasteiger partial charge in [0.25, 0.3) is 0 Å². The summed E-state index contributed by atoms with van der Waals surface area (Å²) in [6.45, 7) is 9.42. The molecule has 5 saturated heterocycles. The number of esters is 12. The molecule has 0 aliphatic carbocycles. The fraction of sp³-hybridized carbons (Fsp3) is 0.831. The zero-order valence-corrected chi connectivity index (χ0v) is 69.4. The molecule has 0 spiro atoms. The van der Waals surface area contributed by atoms with Crippen molar-refractivity contribution < 1.29 is 202 Å². The van der Waals surface area contributed by atoms with Crippen molar-refractivity contribution in [2.24, 2.45) is 0 Å². The predicted molar refractivity (Wildman–Crippen MR) is 392 cm³/mol. The molecule has 0 aromatic carbocycles. The maximum atomic E-state index is 13.7. The summed E-state index contributed by atoms with van der Waals surface area (Å²) in [5.74, 6) is -13.2. The first-order valence-electron chi connectivity index (χ1n) is 39.9. The van der Waals surface area contributed by atoms with Crippen molar-refractivity contribution in [3.63, 3.8) is 0 Å². The van der Waals surface area contributed by atoms with Crippen LogP contribution >= 0.6 is 0 Å². The zero-order valence-electron chi connectivity index (χ0n) is 69.4. The number of aliphatic hydroxyl groups is 5. The minimum absolute atomic E-state index is 0.214. The van der Waals surface area contributed by atoms with Gasteiger partial charge in [-0.05, 0) is 19.3 Å². The lowest BCUT2D eigenvalue weighted by atomic mass is 9.94. The highest BCUT2D eigenvalue weighted by atomic mass is 16.8. The van der Waals surface area contributed by atoms with Crippen molar-refractivity contribution in [2.75, 3.05) is 46.2 Å². The molecule has 0 aromatic heterocycles. The van der Waals surface area contributed by atoms with Crippen molar-refractivity contribution in [3.05, 3.63) is 0 Å². The number of hydrogen-bond acceptors (Lipinski definition) is 41. The molecule has 5 aliphatic rings. The number of rotatable bonds is 49. The van der Waals surface area contributed by atoms with Gasteiger partial charge in [0.1, 0.15) is 99.7 Å². The second-order valence-corrected chi connectivity index (χ2v) is 29.3. The van der Waals surface area contributed by atoms with Crippen molar-refractivity contribution in [1.29, 1.82) is 0 Å². The Morgan fingerprint density at radius 1 is 0.311 bits per heavy atom. The van der Waals surface area contributed by atoms with Crippen LogP contribution in [0.25, 0.3) is 0 Å². The molecule has 5 aliphatic heterocycles. The Morgan fingerprint density at radius 2 is 0.647 bits per heavy atom. The smallest absolute Gasteiger partial charge is 0.347 e. The van der Waals surface area contributed by atoms with Crippen LogP contribution in [-0.2, 0) is 171 Å². The Kier molecular flexibility index (Phi) is 44.6. The molecular formula is C77H120O42. The molecule has 5 rings (SSSR count). The Morgan fingerprint density at radius 3 is 1.05 bits per heavy atom. The molecule has 0 saturated carbocycles. The van der Waals surface area contributed by atoms with Gasteiger partial charge in [0.05, 0.1) is 19.3 Å². The van der Waals surface area contributed by atoms with Crippen LogP contribution in [0.4, 0.5) is 0 Å². The van der Waals surface area contributed by atoms with E-state index >= 15 is 0 Å². The first-order valence-corrected chi connectivity index (χ1v) is 39.9. The number of aliphatic hydroxyl groups excluding tert-OH is 5. The molecule has 0 radical (unpaired) electrons. The van der Waals surface area contributed by atoms with Crippen LogP contribution in [0.5, 0.6) is 0 Å². The van der Waals surface area contributed by atoms with Crippen molar-refractivity contribution in [3.8, 4) is 0 Å². The maximum Gasteiger partial charge on any atom is 0.347 e. The lowest BCUT2D eigenvalue weighted by Crippen LogP contribution is -2.69. The maximum absolute atomic E-state index is 13.7. The molecule has 119 heavy (non-hydrogen) atoms. The van der Waals surface area contributed by atoms with E-state index in [2.05, 4.69) is 0 Å². The molecule has 42 heteroatoms. The lowest BCUT2D eigenvalue weighted by molar-refractivity contribution is -0.402. The molecule has 0 bridgehead atoms. The van der Waals surface area contributed by atoms with E-state index < -0.39 is 276 Å². The van der Waals surface area contributed by atoms with E-state index in [1.165, 1.54) is 0 Å². The summed E-state index contributed by atoms with van der Waals surface area (Å²) < 4.78 is 136. The van der Waals surface area contributed by atoms with E-state index in [1.54, 1.807) is 0 Å². The van der Waals surface area contributed by atoms with Crippen LogP contribution in [0.1, 0.15) is 199 Å². The number of hydrogen-bond donors (Lipinski definition) is 6. The number of carboxylic acids is 1. The SMILES string of the molecule is CCC[C@H](CCCCCCCCCCCCCCCCOC[C@@H](OC(C)=O)C(=O)O)O[C@@H]1O[C@H](CO)[C@@H](O[C@@H]2O[C@H](COC(C)=O)[C@@H](O[C@@H]3O[C@H](COC(C)=O)[C@@H](OC(C)=O)[C@H](OC(C)=O)[C@H]3O[C@@H]3O[C@H](COC(C)=O)[C@@H](O)[C@H](O)[C@H]3O)[C@H](OC(C)=O)[C@H]2OC(C)=O)[C@H](O)[C@H]1O[C@@H]1O[C@H](COC(C)=O)[C@@H](OC(C)=O)[C@H](OC(C)=O)[C@H]1OC(C)=O. The Hall–Kier alpha value is -7.53. The van der Waals surface area contributed by atoms with E-state index in [0.29, 0.717) is 32.3 Å². The molecule has 27 atom stereocenters. The molecule has 0 aromatic rings. The first kappa shape index (κ1) is 102. The second kappa shape index (κ2) is 52.1. The molecular weight excluding hydrogens is 1600 g/mol. The average molecular weight is 1720 g/mol. The van der Waals surface area contributed by atoms with Gasteiger partial charge in [0.15, 0.2) is 80.3 Å². The van der Waals surface area contributed by atoms with Gasteiger partial charge >= 0.3 is 77.6 Å². The van der Waals surface area contributed by atoms with Gasteiger partial charge in [-0.2, -0.15) is 0 Å². The van der Waals surface area contributed by atoms with Gasteiger partial charge in [-0.1, -0.05) is 96.8 Å². The molecule has 6 N–H and O–H groups in total. The first-order chi connectivity index (χ1) is 56.3. The Bertz CT molecular complexity index is 3230. The molecule has 5 fully saturated rings. The van der Waals surface area contributed by atoms with Crippen LogP contribution in [-0.4, -0.2) is 320 Å². The van der Waals surface area contributed by atoms with Gasteiger partial charge < -0.3 is 140 Å². The third kappa shape index (κ3) is 34.4. The molecule has 5 heterocycles. The summed E-state index contributed by atoms with van der Waals surface area (Å²) in [6.07, 6.45) is -37.5. The van der Waals surface area contributed by atoms with E-state index in [9.17, 15) is 93.0 Å². The number of carbonyl (C=O) groups is 13. The predicted octanol–water partition coefficient (Wildman–Crippen LogP) is 1.43. The van der Waals surface area contributed by atoms with Crippen LogP contribution in [0.2, 0.25) is 0 Å². The summed E-state index contributed by atoms with van der Waals surface area (Å²) in [5.41, 5.74) is 0. The average Bonchev–Trinajstić information content (AvgIpc) is 0.725. The summed E-state index contributed by atoms with van der Waals surface area (Å²) >= 11 is 0.